The van der Waals surface area contributed by atoms with E-state index in [1.807, 2.05) is 32.0 Å². The molecule has 1 N–H and O–H groups in total. The van der Waals surface area contributed by atoms with Gasteiger partial charge in [0.1, 0.15) is 0 Å². The molecule has 2 aromatic rings. The summed E-state index contributed by atoms with van der Waals surface area (Å²) in [5.41, 5.74) is 4.10. The molecule has 20 heavy (non-hydrogen) atoms. The van der Waals surface area contributed by atoms with Crippen molar-refractivity contribution in [2.75, 3.05) is 0 Å². The molecule has 1 aromatic carbocycles. The Hall–Kier alpha value is -1.97. The number of fused-ring (bicyclic) bond motifs is 1. The molecule has 1 atom stereocenters. The molecular formula is C16H19N3O. The fourth-order valence-electron chi connectivity index (χ4n) is 2.38. The molecule has 0 aliphatic heterocycles. The van der Waals surface area contributed by atoms with Crippen molar-refractivity contribution >= 4 is 16.9 Å². The third kappa shape index (κ3) is 2.50. The first-order valence-corrected chi connectivity index (χ1v) is 7.10. The molecule has 1 heterocycles. The van der Waals surface area contributed by atoms with E-state index >= 15 is 0 Å². The highest BCUT2D eigenvalue weighted by Crippen LogP contribution is 2.32. The van der Waals surface area contributed by atoms with Crippen molar-refractivity contribution in [3.8, 4) is 0 Å². The number of nitrogens with one attached hydrogen (secondary N) is 1. The molecule has 0 radical (unpaired) electrons. The monoisotopic (exact) mass is 269 g/mol. The topological polar surface area (TPSA) is 54.9 Å². The van der Waals surface area contributed by atoms with Gasteiger partial charge in [-0.2, -0.15) is 0 Å². The van der Waals surface area contributed by atoms with E-state index in [1.165, 1.54) is 12.8 Å². The molecule has 3 rings (SSSR count). The summed E-state index contributed by atoms with van der Waals surface area (Å²) in [6.45, 7) is 5.95. The fourth-order valence-corrected chi connectivity index (χ4v) is 2.38. The van der Waals surface area contributed by atoms with Gasteiger partial charge in [-0.3, -0.25) is 4.79 Å². The predicted molar refractivity (Wildman–Crippen MR) is 78.7 cm³/mol. The standard InChI is InChI=1S/C16H19N3O/c1-9-10(2)18-15-8-13(6-7-14(15)17-9)16(20)19-11(3)12-4-5-12/h6-8,11-12H,4-5H2,1-3H3,(H,19,20). The van der Waals surface area contributed by atoms with E-state index in [1.54, 1.807) is 0 Å². The second-order valence-electron chi connectivity index (χ2n) is 5.70. The molecule has 4 heteroatoms. The van der Waals surface area contributed by atoms with Crippen molar-refractivity contribution in [2.24, 2.45) is 5.92 Å². The SMILES string of the molecule is Cc1nc2ccc(C(=O)NC(C)C3CC3)cc2nc1C. The van der Waals surface area contributed by atoms with Gasteiger partial charge >= 0.3 is 0 Å². The lowest BCUT2D eigenvalue weighted by molar-refractivity contribution is 0.0936. The summed E-state index contributed by atoms with van der Waals surface area (Å²) in [6.07, 6.45) is 2.45. The van der Waals surface area contributed by atoms with Crippen LogP contribution in [0.5, 0.6) is 0 Å². The highest BCUT2D eigenvalue weighted by Gasteiger charge is 2.29. The maximum atomic E-state index is 12.2. The van der Waals surface area contributed by atoms with Crippen LogP contribution in [0.2, 0.25) is 0 Å². The lowest BCUT2D eigenvalue weighted by atomic mass is 10.1. The molecule has 1 unspecified atom stereocenters. The number of carbonyl (C=O) groups excluding carboxylic acids is 1. The van der Waals surface area contributed by atoms with Gasteiger partial charge in [-0.1, -0.05) is 0 Å². The normalized spacial score (nSPS) is 16.1. The summed E-state index contributed by atoms with van der Waals surface area (Å²) in [7, 11) is 0. The quantitative estimate of drug-likeness (QED) is 0.932. The summed E-state index contributed by atoms with van der Waals surface area (Å²) in [4.78, 5) is 21.2. The highest BCUT2D eigenvalue weighted by molar-refractivity contribution is 5.97. The number of benzene rings is 1. The zero-order valence-electron chi connectivity index (χ0n) is 12.1. The van der Waals surface area contributed by atoms with Gasteiger partial charge in [0.05, 0.1) is 22.4 Å². The van der Waals surface area contributed by atoms with E-state index in [-0.39, 0.29) is 11.9 Å². The van der Waals surface area contributed by atoms with Gasteiger partial charge in [-0.15, -0.1) is 0 Å². The van der Waals surface area contributed by atoms with Gasteiger partial charge in [-0.05, 0) is 57.7 Å². The van der Waals surface area contributed by atoms with Gasteiger partial charge in [-0.25, -0.2) is 9.97 Å². The van der Waals surface area contributed by atoms with E-state index in [2.05, 4.69) is 22.2 Å². The van der Waals surface area contributed by atoms with Crippen LogP contribution in [0.4, 0.5) is 0 Å². The predicted octanol–water partition coefficient (Wildman–Crippen LogP) is 2.77. The van der Waals surface area contributed by atoms with Crippen molar-refractivity contribution in [1.82, 2.24) is 15.3 Å². The molecule has 104 valence electrons. The van der Waals surface area contributed by atoms with Gasteiger partial charge in [0.25, 0.3) is 5.91 Å². The van der Waals surface area contributed by atoms with Crippen LogP contribution in [-0.2, 0) is 0 Å². The lowest BCUT2D eigenvalue weighted by Crippen LogP contribution is -2.33. The zero-order chi connectivity index (χ0) is 14.3. The van der Waals surface area contributed by atoms with Crippen LogP contribution in [0.1, 0.15) is 41.5 Å². The van der Waals surface area contributed by atoms with Crippen molar-refractivity contribution in [1.29, 1.82) is 0 Å². The van der Waals surface area contributed by atoms with Crippen molar-refractivity contribution in [3.05, 3.63) is 35.2 Å². The number of nitrogens with zero attached hydrogens (tertiary/aromatic N) is 2. The number of carbonyl (C=O) groups is 1. The molecular weight excluding hydrogens is 250 g/mol. The smallest absolute Gasteiger partial charge is 0.251 e. The Kier molecular flexibility index (Phi) is 3.16. The average molecular weight is 269 g/mol. The Labute approximate surface area is 118 Å². The molecule has 4 nitrogen and oxygen atoms in total. The minimum absolute atomic E-state index is 0.0219. The number of aryl methyl sites for hydroxylation is 2. The maximum absolute atomic E-state index is 12.2. The molecule has 0 bridgehead atoms. The largest absolute Gasteiger partial charge is 0.349 e. The number of amides is 1. The summed E-state index contributed by atoms with van der Waals surface area (Å²) < 4.78 is 0. The Balaban J connectivity index is 1.87. The van der Waals surface area contributed by atoms with Crippen LogP contribution in [0.15, 0.2) is 18.2 Å². The summed E-state index contributed by atoms with van der Waals surface area (Å²) >= 11 is 0. The van der Waals surface area contributed by atoms with Gasteiger partial charge in [0, 0.05) is 11.6 Å². The van der Waals surface area contributed by atoms with Gasteiger partial charge in [0.2, 0.25) is 0 Å². The number of rotatable bonds is 3. The Morgan fingerprint density at radius 3 is 2.50 bits per heavy atom. The number of aromatic nitrogens is 2. The minimum atomic E-state index is -0.0219. The van der Waals surface area contributed by atoms with E-state index in [9.17, 15) is 4.79 Å². The zero-order valence-corrected chi connectivity index (χ0v) is 12.1. The summed E-state index contributed by atoms with van der Waals surface area (Å²) in [5, 5.41) is 3.06. The Morgan fingerprint density at radius 2 is 1.85 bits per heavy atom. The van der Waals surface area contributed by atoms with Gasteiger partial charge in [0.15, 0.2) is 0 Å². The van der Waals surface area contributed by atoms with Crippen LogP contribution < -0.4 is 5.32 Å². The molecule has 1 fully saturated rings. The second kappa shape index (κ2) is 4.85. The molecule has 1 amide bonds. The third-order valence-electron chi connectivity index (χ3n) is 4.03. The number of hydrogen-bond acceptors (Lipinski definition) is 3. The number of hydrogen-bond donors (Lipinski definition) is 1. The van der Waals surface area contributed by atoms with Crippen LogP contribution in [0, 0.1) is 19.8 Å². The average Bonchev–Trinajstić information content (AvgIpc) is 3.23. The third-order valence-corrected chi connectivity index (χ3v) is 4.03. The molecule has 0 spiro atoms. The summed E-state index contributed by atoms with van der Waals surface area (Å²) in [6, 6.07) is 5.76. The Morgan fingerprint density at radius 1 is 1.20 bits per heavy atom. The van der Waals surface area contributed by atoms with Crippen LogP contribution >= 0.6 is 0 Å². The highest BCUT2D eigenvalue weighted by atomic mass is 16.1. The fraction of sp³-hybridized carbons (Fsp3) is 0.438. The lowest BCUT2D eigenvalue weighted by Gasteiger charge is -2.13. The van der Waals surface area contributed by atoms with E-state index in [4.69, 9.17) is 0 Å². The van der Waals surface area contributed by atoms with E-state index in [0.717, 1.165) is 22.4 Å². The van der Waals surface area contributed by atoms with E-state index < -0.39 is 0 Å². The van der Waals surface area contributed by atoms with Crippen LogP contribution in [-0.4, -0.2) is 21.9 Å². The molecule has 1 aliphatic rings. The van der Waals surface area contributed by atoms with Crippen LogP contribution in [0.25, 0.3) is 11.0 Å². The Bertz CT molecular complexity index is 677. The van der Waals surface area contributed by atoms with Crippen molar-refractivity contribution < 1.29 is 4.79 Å². The van der Waals surface area contributed by atoms with E-state index in [0.29, 0.717) is 11.5 Å². The van der Waals surface area contributed by atoms with Gasteiger partial charge < -0.3 is 5.32 Å². The maximum Gasteiger partial charge on any atom is 0.251 e. The second-order valence-corrected chi connectivity index (χ2v) is 5.70. The minimum Gasteiger partial charge on any atom is -0.349 e. The summed E-state index contributed by atoms with van der Waals surface area (Å²) in [5.74, 6) is 0.635. The molecule has 0 saturated heterocycles. The van der Waals surface area contributed by atoms with Crippen molar-refractivity contribution in [3.63, 3.8) is 0 Å². The molecule has 1 saturated carbocycles. The first kappa shape index (κ1) is 13.0. The molecule has 1 aliphatic carbocycles. The first-order chi connectivity index (χ1) is 9.54. The molecule has 1 aromatic heterocycles. The first-order valence-electron chi connectivity index (χ1n) is 7.10. The van der Waals surface area contributed by atoms with Crippen LogP contribution in [0.3, 0.4) is 0 Å². The van der Waals surface area contributed by atoms with Crippen molar-refractivity contribution in [2.45, 2.75) is 39.7 Å².